The first-order valence-electron chi connectivity index (χ1n) is 11.1. The van der Waals surface area contributed by atoms with Crippen molar-refractivity contribution in [1.29, 1.82) is 0 Å². The minimum absolute atomic E-state index is 0.226. The number of nitrogens with one attached hydrogen (secondary N) is 2. The van der Waals surface area contributed by atoms with E-state index in [0.717, 1.165) is 51.5 Å². The number of carbonyl (C=O) groups is 2. The molecule has 34 heavy (non-hydrogen) atoms. The fourth-order valence-corrected chi connectivity index (χ4v) is 5.19. The molecule has 1 aliphatic carbocycles. The lowest BCUT2D eigenvalue weighted by atomic mass is 9.91. The summed E-state index contributed by atoms with van der Waals surface area (Å²) in [6.07, 6.45) is 3.40. The van der Waals surface area contributed by atoms with Crippen LogP contribution in [0, 0.1) is 0 Å². The first-order chi connectivity index (χ1) is 16.6. The Morgan fingerprint density at radius 2 is 1.82 bits per heavy atom. The van der Waals surface area contributed by atoms with Crippen molar-refractivity contribution in [3.8, 4) is 11.3 Å². The largest absolute Gasteiger partial charge is 0.462 e. The number of aryl methyl sites for hydroxylation is 1. The van der Waals surface area contributed by atoms with Crippen LogP contribution in [0.3, 0.4) is 0 Å². The van der Waals surface area contributed by atoms with Crippen molar-refractivity contribution in [2.75, 3.05) is 11.9 Å². The summed E-state index contributed by atoms with van der Waals surface area (Å²) in [5, 5.41) is 11.5. The van der Waals surface area contributed by atoms with Gasteiger partial charge < -0.3 is 14.8 Å². The molecular weight excluding hydrogens is 450 g/mol. The van der Waals surface area contributed by atoms with E-state index < -0.39 is 0 Å². The first-order valence-corrected chi connectivity index (χ1v) is 11.9. The number of esters is 2. The van der Waals surface area contributed by atoms with E-state index in [1.807, 2.05) is 48.7 Å². The Kier molecular flexibility index (Phi) is 6.14. The Morgan fingerprint density at radius 1 is 1.03 bits per heavy atom. The average molecular weight is 474 g/mol. The molecule has 0 bridgehead atoms. The summed E-state index contributed by atoms with van der Waals surface area (Å²) in [6, 6.07) is 16.7. The van der Waals surface area contributed by atoms with Gasteiger partial charge in [-0.15, -0.1) is 11.3 Å². The molecule has 0 unspecified atom stereocenters. The maximum atomic E-state index is 12.6. The van der Waals surface area contributed by atoms with Crippen molar-refractivity contribution in [3.63, 3.8) is 0 Å². The zero-order valence-corrected chi connectivity index (χ0v) is 19.4. The Balaban J connectivity index is 1.36. The summed E-state index contributed by atoms with van der Waals surface area (Å²) in [4.78, 5) is 25.6. The molecule has 0 radical (unpaired) electrons. The number of anilines is 2. The van der Waals surface area contributed by atoms with Crippen molar-refractivity contribution in [2.45, 2.75) is 26.4 Å². The highest BCUT2D eigenvalue weighted by Gasteiger charge is 2.30. The SMILES string of the molecule is CCOC(=O)c1sc(Nc2ccc(C(=O)OCc3ccccc3)cc2)c2c1CCc1cn[nH]c1-2. The molecule has 0 saturated carbocycles. The predicted molar refractivity (Wildman–Crippen MR) is 131 cm³/mol. The number of hydrogen-bond acceptors (Lipinski definition) is 7. The van der Waals surface area contributed by atoms with Gasteiger partial charge in [0, 0.05) is 11.3 Å². The Bertz CT molecular complexity index is 1330. The Hall–Kier alpha value is -3.91. The molecule has 2 aromatic carbocycles. The molecule has 2 N–H and O–H groups in total. The molecule has 0 spiro atoms. The second-order valence-electron chi connectivity index (χ2n) is 7.87. The quantitative estimate of drug-likeness (QED) is 0.344. The van der Waals surface area contributed by atoms with Gasteiger partial charge in [-0.1, -0.05) is 30.3 Å². The molecule has 0 fully saturated rings. The van der Waals surface area contributed by atoms with E-state index in [2.05, 4.69) is 15.5 Å². The van der Waals surface area contributed by atoms with E-state index in [1.54, 1.807) is 19.1 Å². The van der Waals surface area contributed by atoms with Crippen LogP contribution in [0.2, 0.25) is 0 Å². The first kappa shape index (κ1) is 21.9. The number of nitrogens with zero attached hydrogens (tertiary/aromatic N) is 1. The topological polar surface area (TPSA) is 93.3 Å². The van der Waals surface area contributed by atoms with Gasteiger partial charge >= 0.3 is 11.9 Å². The molecule has 1 aliphatic rings. The maximum absolute atomic E-state index is 12.6. The van der Waals surface area contributed by atoms with Crippen molar-refractivity contribution < 1.29 is 19.1 Å². The number of H-pyrrole nitrogens is 1. The number of ether oxygens (including phenoxy) is 2. The number of aromatic nitrogens is 2. The number of fused-ring (bicyclic) bond motifs is 3. The number of hydrogen-bond donors (Lipinski definition) is 2. The van der Waals surface area contributed by atoms with Gasteiger partial charge in [-0.2, -0.15) is 5.10 Å². The smallest absolute Gasteiger partial charge is 0.348 e. The number of rotatable bonds is 7. The van der Waals surface area contributed by atoms with E-state index in [-0.39, 0.29) is 18.5 Å². The third-order valence-corrected chi connectivity index (χ3v) is 6.80. The lowest BCUT2D eigenvalue weighted by molar-refractivity contribution is 0.0471. The summed E-state index contributed by atoms with van der Waals surface area (Å²) >= 11 is 1.38. The third-order valence-electron chi connectivity index (χ3n) is 5.67. The van der Waals surface area contributed by atoms with E-state index in [0.29, 0.717) is 17.0 Å². The maximum Gasteiger partial charge on any atom is 0.348 e. The second kappa shape index (κ2) is 9.52. The Labute approximate surface area is 200 Å². The van der Waals surface area contributed by atoms with Crippen molar-refractivity contribution in [3.05, 3.63) is 87.9 Å². The summed E-state index contributed by atoms with van der Waals surface area (Å²) in [5.74, 6) is -0.688. The van der Waals surface area contributed by atoms with Crippen LogP contribution in [0.5, 0.6) is 0 Å². The monoisotopic (exact) mass is 473 g/mol. The van der Waals surface area contributed by atoms with Crippen LogP contribution >= 0.6 is 11.3 Å². The number of aromatic amines is 1. The summed E-state index contributed by atoms with van der Waals surface area (Å²) in [5.41, 5.74) is 6.19. The zero-order chi connectivity index (χ0) is 23.5. The summed E-state index contributed by atoms with van der Waals surface area (Å²) in [6.45, 7) is 2.35. The van der Waals surface area contributed by atoms with Gasteiger partial charge in [0.05, 0.1) is 24.1 Å². The van der Waals surface area contributed by atoms with Crippen LogP contribution < -0.4 is 5.32 Å². The van der Waals surface area contributed by atoms with Crippen LogP contribution in [0.25, 0.3) is 11.3 Å². The lowest BCUT2D eigenvalue weighted by Gasteiger charge is -2.15. The highest BCUT2D eigenvalue weighted by Crippen LogP contribution is 2.46. The molecule has 7 nitrogen and oxygen atoms in total. The average Bonchev–Trinajstić information content (AvgIpc) is 3.48. The van der Waals surface area contributed by atoms with E-state index in [9.17, 15) is 9.59 Å². The molecule has 2 heterocycles. The standard InChI is InChI=1S/C26H23N3O4S/c1-2-32-26(31)23-20-13-10-18-14-27-29-22(18)21(20)24(34-23)28-19-11-8-17(9-12-19)25(30)33-15-16-6-4-3-5-7-16/h3-9,11-12,14,28H,2,10,13,15H2,1H3,(H,27,29). The molecule has 0 saturated heterocycles. The Morgan fingerprint density at radius 3 is 2.59 bits per heavy atom. The van der Waals surface area contributed by atoms with Crippen molar-refractivity contribution in [2.24, 2.45) is 0 Å². The minimum Gasteiger partial charge on any atom is -0.462 e. The lowest BCUT2D eigenvalue weighted by Crippen LogP contribution is -2.09. The normalized spacial score (nSPS) is 11.9. The molecule has 172 valence electrons. The number of benzene rings is 2. The van der Waals surface area contributed by atoms with Gasteiger partial charge in [0.25, 0.3) is 0 Å². The predicted octanol–water partition coefficient (Wildman–Crippen LogP) is 5.51. The molecule has 0 amide bonds. The van der Waals surface area contributed by atoms with E-state index >= 15 is 0 Å². The highest BCUT2D eigenvalue weighted by molar-refractivity contribution is 7.18. The molecule has 0 aliphatic heterocycles. The van der Waals surface area contributed by atoms with Crippen molar-refractivity contribution >= 4 is 34.0 Å². The van der Waals surface area contributed by atoms with Gasteiger partial charge in [0.1, 0.15) is 16.5 Å². The van der Waals surface area contributed by atoms with Crippen LogP contribution in [0.4, 0.5) is 10.7 Å². The molecule has 8 heteroatoms. The van der Waals surface area contributed by atoms with Crippen LogP contribution in [-0.2, 0) is 28.9 Å². The fraction of sp³-hybridized carbons (Fsp3) is 0.192. The number of carbonyl (C=O) groups excluding carboxylic acids is 2. The third kappa shape index (κ3) is 4.32. The van der Waals surface area contributed by atoms with Crippen LogP contribution in [0.15, 0.2) is 60.8 Å². The van der Waals surface area contributed by atoms with Gasteiger partial charge in [0.2, 0.25) is 0 Å². The van der Waals surface area contributed by atoms with E-state index in [4.69, 9.17) is 9.47 Å². The fourth-order valence-electron chi connectivity index (χ4n) is 4.02. The minimum atomic E-state index is -0.379. The van der Waals surface area contributed by atoms with Gasteiger partial charge in [-0.3, -0.25) is 5.10 Å². The molecule has 0 atom stereocenters. The van der Waals surface area contributed by atoms with Crippen molar-refractivity contribution in [1.82, 2.24) is 10.2 Å². The van der Waals surface area contributed by atoms with E-state index in [1.165, 1.54) is 11.3 Å². The van der Waals surface area contributed by atoms with Gasteiger partial charge in [0.15, 0.2) is 0 Å². The van der Waals surface area contributed by atoms with Crippen LogP contribution in [0.1, 0.15) is 43.6 Å². The molecule has 2 aromatic heterocycles. The zero-order valence-electron chi connectivity index (χ0n) is 18.6. The molecule has 4 aromatic rings. The van der Waals surface area contributed by atoms with Crippen LogP contribution in [-0.4, -0.2) is 28.7 Å². The summed E-state index contributed by atoms with van der Waals surface area (Å²) in [7, 11) is 0. The van der Waals surface area contributed by atoms with Gasteiger partial charge in [-0.05, 0) is 60.7 Å². The summed E-state index contributed by atoms with van der Waals surface area (Å²) < 4.78 is 10.7. The number of thiophene rings is 1. The second-order valence-corrected chi connectivity index (χ2v) is 8.89. The van der Waals surface area contributed by atoms with Gasteiger partial charge in [-0.25, -0.2) is 9.59 Å². The highest BCUT2D eigenvalue weighted by atomic mass is 32.1. The molecular formula is C26H23N3O4S. The molecule has 5 rings (SSSR count).